The van der Waals surface area contributed by atoms with E-state index >= 15 is 0 Å². The summed E-state index contributed by atoms with van der Waals surface area (Å²) in [5.74, 6) is 0. The van der Waals surface area contributed by atoms with Gasteiger partial charge in [-0.25, -0.2) is 0 Å². The number of nitrogens with one attached hydrogen (secondary N) is 1. The van der Waals surface area contributed by atoms with Crippen LogP contribution in [0, 0.1) is 13.8 Å². The van der Waals surface area contributed by atoms with Gasteiger partial charge in [-0.1, -0.05) is 18.7 Å². The van der Waals surface area contributed by atoms with Gasteiger partial charge < -0.3 is 5.32 Å². The molecule has 1 N–H and O–H groups in total. The minimum atomic E-state index is 0.362. The second kappa shape index (κ2) is 4.80. The highest BCUT2D eigenvalue weighted by Gasteiger charge is 2.18. The summed E-state index contributed by atoms with van der Waals surface area (Å²) in [5, 5.41) is 5.22. The van der Waals surface area contributed by atoms with E-state index < -0.39 is 0 Å². The molecule has 4 heteroatoms. The largest absolute Gasteiger partial charge is 0.358 e. The van der Waals surface area contributed by atoms with Gasteiger partial charge in [0.1, 0.15) is 0 Å². The molecule has 2 atom stereocenters. The molecular weight excluding hydrogens is 236 g/mol. The van der Waals surface area contributed by atoms with Crippen LogP contribution in [0.4, 0.5) is 0 Å². The summed E-state index contributed by atoms with van der Waals surface area (Å²) in [6, 6.07) is 2.64. The molecule has 0 saturated heterocycles. The smallest absolute Gasteiger partial charge is 0.157 e. The predicted molar refractivity (Wildman–Crippen MR) is 74.7 cm³/mol. The summed E-state index contributed by atoms with van der Waals surface area (Å²) in [6.07, 6.45) is 0. The van der Waals surface area contributed by atoms with Crippen LogP contribution in [0.15, 0.2) is 11.1 Å². The van der Waals surface area contributed by atoms with Gasteiger partial charge in [-0.05, 0) is 32.4 Å². The van der Waals surface area contributed by atoms with E-state index in [2.05, 4.69) is 44.1 Å². The van der Waals surface area contributed by atoms with Crippen LogP contribution in [0.1, 0.15) is 35.2 Å². The molecule has 0 saturated carbocycles. The van der Waals surface area contributed by atoms with Gasteiger partial charge in [0.25, 0.3) is 0 Å². The van der Waals surface area contributed by atoms with E-state index in [9.17, 15) is 0 Å². The van der Waals surface area contributed by atoms with Crippen LogP contribution in [0.25, 0.3) is 0 Å². The third kappa shape index (κ3) is 2.61. The number of aryl methyl sites for hydroxylation is 2. The van der Waals surface area contributed by atoms with Crippen molar-refractivity contribution >= 4 is 28.3 Å². The minimum absolute atomic E-state index is 0.362. The molecule has 2 unspecified atom stereocenters. The maximum atomic E-state index is 4.49. The number of nitrogens with zero attached hydrogens (tertiary/aromatic N) is 1. The van der Waals surface area contributed by atoms with E-state index in [0.29, 0.717) is 11.3 Å². The van der Waals surface area contributed by atoms with Crippen molar-refractivity contribution in [1.29, 1.82) is 0 Å². The third-order valence-electron chi connectivity index (χ3n) is 2.69. The second-order valence-corrected chi connectivity index (χ2v) is 7.20. The summed E-state index contributed by atoms with van der Waals surface area (Å²) in [7, 11) is 0. The van der Waals surface area contributed by atoms with Crippen LogP contribution in [-0.4, -0.2) is 17.0 Å². The molecule has 1 aliphatic heterocycles. The molecule has 88 valence electrons. The molecule has 0 radical (unpaired) electrons. The zero-order chi connectivity index (χ0) is 11.7. The normalized spacial score (nSPS) is 22.0. The maximum absolute atomic E-state index is 4.49. The lowest BCUT2D eigenvalue weighted by molar-refractivity contribution is 0.721. The topological polar surface area (TPSA) is 24.4 Å². The fourth-order valence-corrected chi connectivity index (χ4v) is 3.85. The first-order valence-corrected chi connectivity index (χ1v) is 7.30. The Hall–Kier alpha value is -0.480. The summed E-state index contributed by atoms with van der Waals surface area (Å²) in [6.45, 7) is 9.73. The van der Waals surface area contributed by atoms with Crippen LogP contribution in [-0.2, 0) is 0 Å². The van der Waals surface area contributed by atoms with E-state index in [-0.39, 0.29) is 0 Å². The summed E-state index contributed by atoms with van der Waals surface area (Å²) in [5.41, 5.74) is 1.41. The van der Waals surface area contributed by atoms with Gasteiger partial charge in [0.15, 0.2) is 5.17 Å². The van der Waals surface area contributed by atoms with E-state index in [1.165, 1.54) is 15.3 Å². The molecule has 2 rings (SSSR count). The van der Waals surface area contributed by atoms with Gasteiger partial charge in [0, 0.05) is 15.0 Å². The fraction of sp³-hybridized carbons (Fsp3) is 0.583. The zero-order valence-electron chi connectivity index (χ0n) is 10.2. The number of hydrogen-bond donors (Lipinski definition) is 1. The first-order valence-electron chi connectivity index (χ1n) is 5.61. The summed E-state index contributed by atoms with van der Waals surface area (Å²) >= 11 is 3.71. The molecule has 2 heterocycles. The van der Waals surface area contributed by atoms with Crippen LogP contribution in [0.3, 0.4) is 0 Å². The molecule has 2 nitrogen and oxygen atoms in total. The molecule has 1 aliphatic rings. The van der Waals surface area contributed by atoms with E-state index in [1.54, 1.807) is 0 Å². The van der Waals surface area contributed by atoms with E-state index in [4.69, 9.17) is 0 Å². The highest BCUT2D eigenvalue weighted by Crippen LogP contribution is 2.28. The molecule has 1 aromatic heterocycles. The van der Waals surface area contributed by atoms with Crippen LogP contribution in [0.2, 0.25) is 0 Å². The first kappa shape index (κ1) is 12.0. The van der Waals surface area contributed by atoms with Gasteiger partial charge in [-0.3, -0.25) is 4.99 Å². The average molecular weight is 254 g/mol. The Kier molecular flexibility index (Phi) is 3.60. The van der Waals surface area contributed by atoms with Gasteiger partial charge >= 0.3 is 0 Å². The Labute approximate surface area is 106 Å². The summed E-state index contributed by atoms with van der Waals surface area (Å²) < 4.78 is 0. The fourth-order valence-electron chi connectivity index (χ4n) is 1.90. The number of thioether (sulfide) groups is 1. The van der Waals surface area contributed by atoms with Crippen molar-refractivity contribution in [3.63, 3.8) is 0 Å². The van der Waals surface area contributed by atoms with Crippen molar-refractivity contribution in [2.24, 2.45) is 4.99 Å². The minimum Gasteiger partial charge on any atom is -0.358 e. The number of aliphatic imine (C=N–C) groups is 1. The average Bonchev–Trinajstić information content (AvgIpc) is 2.73. The quantitative estimate of drug-likeness (QED) is 0.873. The second-order valence-electron chi connectivity index (χ2n) is 4.31. The number of rotatable bonds is 2. The Balaban J connectivity index is 2.03. The van der Waals surface area contributed by atoms with E-state index in [0.717, 1.165) is 11.7 Å². The standard InChI is InChI=1S/C12H18N2S2/c1-7-5-11(10(4)15-7)9(3)14-12-13-6-8(2)16-12/h5,8-9H,6H2,1-4H3,(H,13,14). The molecule has 16 heavy (non-hydrogen) atoms. The van der Waals surface area contributed by atoms with Crippen molar-refractivity contribution in [2.75, 3.05) is 6.54 Å². The van der Waals surface area contributed by atoms with Gasteiger partial charge in [-0.15, -0.1) is 11.3 Å². The lowest BCUT2D eigenvalue weighted by Crippen LogP contribution is -2.23. The van der Waals surface area contributed by atoms with Crippen molar-refractivity contribution in [1.82, 2.24) is 5.32 Å². The molecule has 0 aromatic carbocycles. The number of thiophene rings is 1. The Morgan fingerprint density at radius 2 is 2.25 bits per heavy atom. The van der Waals surface area contributed by atoms with Crippen LogP contribution < -0.4 is 5.32 Å². The molecule has 0 spiro atoms. The monoisotopic (exact) mass is 254 g/mol. The Morgan fingerprint density at radius 3 is 2.75 bits per heavy atom. The molecule has 0 bridgehead atoms. The number of hydrogen-bond acceptors (Lipinski definition) is 4. The lowest BCUT2D eigenvalue weighted by atomic mass is 10.1. The summed E-state index contributed by atoms with van der Waals surface area (Å²) in [4.78, 5) is 7.29. The van der Waals surface area contributed by atoms with Crippen molar-refractivity contribution in [2.45, 2.75) is 39.0 Å². The molecule has 0 fully saturated rings. The number of amidine groups is 1. The maximum Gasteiger partial charge on any atom is 0.157 e. The molecule has 0 aliphatic carbocycles. The molecule has 0 amide bonds. The van der Waals surface area contributed by atoms with Crippen molar-refractivity contribution < 1.29 is 0 Å². The van der Waals surface area contributed by atoms with Gasteiger partial charge in [-0.2, -0.15) is 0 Å². The predicted octanol–water partition coefficient (Wildman–Crippen LogP) is 3.51. The van der Waals surface area contributed by atoms with E-state index in [1.807, 2.05) is 23.1 Å². The van der Waals surface area contributed by atoms with Crippen molar-refractivity contribution in [3.8, 4) is 0 Å². The highest BCUT2D eigenvalue weighted by molar-refractivity contribution is 8.14. The van der Waals surface area contributed by atoms with Crippen LogP contribution in [0.5, 0.6) is 0 Å². The van der Waals surface area contributed by atoms with Crippen molar-refractivity contribution in [3.05, 3.63) is 21.4 Å². The highest BCUT2D eigenvalue weighted by atomic mass is 32.2. The Bertz CT molecular complexity index is 409. The third-order valence-corrected chi connectivity index (χ3v) is 4.69. The first-order chi connectivity index (χ1) is 7.56. The molecular formula is C12H18N2S2. The molecule has 1 aromatic rings. The van der Waals surface area contributed by atoms with Crippen LogP contribution >= 0.6 is 23.1 Å². The lowest BCUT2D eigenvalue weighted by Gasteiger charge is -2.14. The Morgan fingerprint density at radius 1 is 1.50 bits per heavy atom. The zero-order valence-corrected chi connectivity index (χ0v) is 11.8. The SMILES string of the molecule is Cc1cc(C(C)NC2=NCC(C)S2)c(C)s1. The van der Waals surface area contributed by atoms with Gasteiger partial charge in [0.2, 0.25) is 0 Å². The van der Waals surface area contributed by atoms with Gasteiger partial charge in [0.05, 0.1) is 12.6 Å².